The lowest BCUT2D eigenvalue weighted by Crippen LogP contribution is -2.54. The molecular weight excluding hydrogens is 467 g/mol. The fourth-order valence-corrected chi connectivity index (χ4v) is 4.25. The summed E-state index contributed by atoms with van der Waals surface area (Å²) in [4.78, 5) is 28.9. The topological polar surface area (TPSA) is 49.4 Å². The van der Waals surface area contributed by atoms with E-state index < -0.39 is 11.6 Å². The van der Waals surface area contributed by atoms with Crippen LogP contribution in [0, 0.1) is 0 Å². The molecule has 3 aromatic rings. The molecule has 0 radical (unpaired) electrons. The van der Waals surface area contributed by atoms with Gasteiger partial charge in [-0.2, -0.15) is 0 Å². The second-order valence-corrected chi connectivity index (χ2v) is 10.1. The van der Waals surface area contributed by atoms with Crippen molar-refractivity contribution >= 4 is 35.0 Å². The minimum Gasteiger partial charge on any atom is -0.350 e. The third kappa shape index (κ3) is 7.34. The first-order valence-corrected chi connectivity index (χ1v) is 12.0. The largest absolute Gasteiger partial charge is 0.350 e. The van der Waals surface area contributed by atoms with E-state index in [0.29, 0.717) is 22.0 Å². The highest BCUT2D eigenvalue weighted by Gasteiger charge is 2.33. The van der Waals surface area contributed by atoms with Crippen LogP contribution in [-0.4, -0.2) is 28.3 Å². The van der Waals surface area contributed by atoms with Gasteiger partial charge in [-0.15, -0.1) is 0 Å². The Morgan fingerprint density at radius 2 is 1.35 bits per heavy atom. The normalized spacial score (nSPS) is 12.1. The van der Waals surface area contributed by atoms with E-state index in [1.165, 1.54) is 0 Å². The number of halogens is 2. The Morgan fingerprint density at radius 3 is 1.88 bits per heavy atom. The van der Waals surface area contributed by atoms with Crippen molar-refractivity contribution in [1.29, 1.82) is 0 Å². The highest BCUT2D eigenvalue weighted by atomic mass is 35.5. The monoisotopic (exact) mass is 496 g/mol. The number of benzene rings is 3. The Bertz CT molecular complexity index is 1090. The first kappa shape index (κ1) is 25.8. The van der Waals surface area contributed by atoms with Crippen molar-refractivity contribution in [2.75, 3.05) is 0 Å². The summed E-state index contributed by atoms with van der Waals surface area (Å²) in [6.45, 7) is 5.89. The molecule has 6 heteroatoms. The lowest BCUT2D eigenvalue weighted by Gasteiger charge is -2.34. The van der Waals surface area contributed by atoms with Crippen LogP contribution in [0.4, 0.5) is 0 Å². The van der Waals surface area contributed by atoms with E-state index in [4.69, 9.17) is 23.2 Å². The molecule has 2 amide bonds. The summed E-state index contributed by atoms with van der Waals surface area (Å²) >= 11 is 12.9. The van der Waals surface area contributed by atoms with Crippen molar-refractivity contribution in [1.82, 2.24) is 10.2 Å². The number of amides is 2. The predicted octanol–water partition coefficient (Wildman–Crippen LogP) is 6.09. The minimum absolute atomic E-state index is 0.124. The molecule has 0 saturated heterocycles. The average Bonchev–Trinajstić information content (AvgIpc) is 2.78. The number of nitrogens with zero attached hydrogens (tertiary/aromatic N) is 1. The molecule has 0 aliphatic rings. The fraction of sp³-hybridized carbons (Fsp3) is 0.286. The Hall–Kier alpha value is -2.82. The maximum Gasteiger partial charge on any atom is 0.243 e. The van der Waals surface area contributed by atoms with Crippen LogP contribution in [0.25, 0.3) is 0 Å². The number of nitrogens with one attached hydrogen (secondary N) is 1. The Labute approximate surface area is 211 Å². The van der Waals surface area contributed by atoms with Crippen molar-refractivity contribution in [3.05, 3.63) is 106 Å². The van der Waals surface area contributed by atoms with Gasteiger partial charge in [0.1, 0.15) is 6.04 Å². The van der Waals surface area contributed by atoms with Gasteiger partial charge in [-0.1, -0.05) is 89.9 Å². The molecule has 0 saturated carbocycles. The van der Waals surface area contributed by atoms with Gasteiger partial charge >= 0.3 is 0 Å². The number of carbonyl (C=O) groups is 2. The summed E-state index contributed by atoms with van der Waals surface area (Å²) in [7, 11) is 0. The molecule has 34 heavy (non-hydrogen) atoms. The van der Waals surface area contributed by atoms with Crippen LogP contribution >= 0.6 is 23.2 Å². The van der Waals surface area contributed by atoms with E-state index in [-0.39, 0.29) is 24.8 Å². The summed E-state index contributed by atoms with van der Waals surface area (Å²) in [5.74, 6) is -0.395. The van der Waals surface area contributed by atoms with E-state index in [1.807, 2.05) is 81.4 Å². The molecule has 0 bridgehead atoms. The van der Waals surface area contributed by atoms with Gasteiger partial charge in [0.2, 0.25) is 11.8 Å². The maximum absolute atomic E-state index is 13.7. The van der Waals surface area contributed by atoms with Gasteiger partial charge < -0.3 is 10.2 Å². The molecule has 0 spiro atoms. The molecule has 4 nitrogen and oxygen atoms in total. The van der Waals surface area contributed by atoms with Crippen molar-refractivity contribution in [2.45, 2.75) is 51.7 Å². The van der Waals surface area contributed by atoms with E-state index in [9.17, 15) is 9.59 Å². The molecule has 178 valence electrons. The summed E-state index contributed by atoms with van der Waals surface area (Å²) in [6, 6.07) is 23.7. The van der Waals surface area contributed by atoms with Gasteiger partial charge in [0.15, 0.2) is 0 Å². The second-order valence-electron chi connectivity index (χ2n) is 9.33. The van der Waals surface area contributed by atoms with Crippen molar-refractivity contribution in [2.24, 2.45) is 0 Å². The van der Waals surface area contributed by atoms with Gasteiger partial charge in [-0.25, -0.2) is 0 Å². The van der Waals surface area contributed by atoms with E-state index in [1.54, 1.807) is 23.1 Å². The molecule has 0 fully saturated rings. The number of hydrogen-bond acceptors (Lipinski definition) is 2. The lowest BCUT2D eigenvalue weighted by atomic mass is 10.00. The number of hydrogen-bond donors (Lipinski definition) is 1. The standard InChI is InChI=1S/C28H30Cl2N2O2/c1-28(2,3)31-27(34)25(17-20-11-6-4-7-12-20)32(19-22-23(29)15-10-16-24(22)30)26(33)18-21-13-8-5-9-14-21/h4-16,25H,17-19H2,1-3H3,(H,31,34)/t25-/m1/s1. The van der Waals surface area contributed by atoms with E-state index in [0.717, 1.165) is 11.1 Å². The van der Waals surface area contributed by atoms with E-state index >= 15 is 0 Å². The van der Waals surface area contributed by atoms with Gasteiger partial charge in [0.25, 0.3) is 0 Å². The third-order valence-corrected chi connectivity index (χ3v) is 6.07. The molecular formula is C28H30Cl2N2O2. The average molecular weight is 497 g/mol. The van der Waals surface area contributed by atoms with Crippen molar-refractivity contribution in [3.8, 4) is 0 Å². The molecule has 0 aliphatic carbocycles. The molecule has 3 rings (SSSR count). The van der Waals surface area contributed by atoms with Gasteiger partial charge in [0.05, 0.1) is 6.42 Å². The smallest absolute Gasteiger partial charge is 0.243 e. The van der Waals surface area contributed by atoms with Crippen LogP contribution in [0.3, 0.4) is 0 Å². The molecule has 1 N–H and O–H groups in total. The summed E-state index contributed by atoms with van der Waals surface area (Å²) in [6.07, 6.45) is 0.530. The Morgan fingerprint density at radius 1 is 0.824 bits per heavy atom. The van der Waals surface area contributed by atoms with Crippen LogP contribution in [-0.2, 0) is 29.0 Å². The van der Waals surface area contributed by atoms with Gasteiger partial charge in [-0.05, 0) is 44.0 Å². The number of rotatable bonds is 8. The highest BCUT2D eigenvalue weighted by molar-refractivity contribution is 6.36. The lowest BCUT2D eigenvalue weighted by molar-refractivity contribution is -0.141. The van der Waals surface area contributed by atoms with Gasteiger partial charge in [-0.3, -0.25) is 9.59 Å². The quantitative estimate of drug-likeness (QED) is 0.410. The van der Waals surface area contributed by atoms with Crippen LogP contribution in [0.2, 0.25) is 10.0 Å². The SMILES string of the molecule is CC(C)(C)NC(=O)[C@@H](Cc1ccccc1)N(Cc1c(Cl)cccc1Cl)C(=O)Cc1ccccc1. The molecule has 0 aromatic heterocycles. The van der Waals surface area contributed by atoms with Crippen LogP contribution in [0.15, 0.2) is 78.9 Å². The van der Waals surface area contributed by atoms with Crippen molar-refractivity contribution in [3.63, 3.8) is 0 Å². The van der Waals surface area contributed by atoms with Crippen LogP contribution in [0.5, 0.6) is 0 Å². The molecule has 3 aromatic carbocycles. The molecule has 0 aliphatic heterocycles. The fourth-order valence-electron chi connectivity index (χ4n) is 3.73. The molecule has 0 heterocycles. The zero-order chi connectivity index (χ0) is 24.7. The Kier molecular flexibility index (Phi) is 8.76. The molecule has 0 unspecified atom stereocenters. The number of carbonyl (C=O) groups excluding carboxylic acids is 2. The first-order valence-electron chi connectivity index (χ1n) is 11.3. The third-order valence-electron chi connectivity index (χ3n) is 5.36. The summed E-state index contributed by atoms with van der Waals surface area (Å²) in [5.41, 5.74) is 1.99. The predicted molar refractivity (Wildman–Crippen MR) is 139 cm³/mol. The van der Waals surface area contributed by atoms with E-state index in [2.05, 4.69) is 5.32 Å². The van der Waals surface area contributed by atoms with Crippen molar-refractivity contribution < 1.29 is 9.59 Å². The zero-order valence-corrected chi connectivity index (χ0v) is 21.2. The van der Waals surface area contributed by atoms with Crippen LogP contribution in [0.1, 0.15) is 37.5 Å². The van der Waals surface area contributed by atoms with Crippen LogP contribution < -0.4 is 5.32 Å². The first-order chi connectivity index (χ1) is 16.1. The second kappa shape index (κ2) is 11.5. The van der Waals surface area contributed by atoms with Gasteiger partial charge in [0, 0.05) is 34.1 Å². The maximum atomic E-state index is 13.7. The summed E-state index contributed by atoms with van der Waals surface area (Å²) in [5, 5.41) is 3.97. The molecule has 1 atom stereocenters. The highest BCUT2D eigenvalue weighted by Crippen LogP contribution is 2.27. The zero-order valence-electron chi connectivity index (χ0n) is 19.7. The minimum atomic E-state index is -0.745. The summed E-state index contributed by atoms with van der Waals surface area (Å²) < 4.78 is 0. The Balaban J connectivity index is 2.03.